The van der Waals surface area contributed by atoms with Crippen molar-refractivity contribution in [2.24, 2.45) is 0 Å². The van der Waals surface area contributed by atoms with E-state index in [0.29, 0.717) is 25.8 Å². The number of halogens is 3. The third-order valence-corrected chi connectivity index (χ3v) is 4.86. The number of anilines is 1. The van der Waals surface area contributed by atoms with Gasteiger partial charge in [-0.25, -0.2) is 9.78 Å². The molecule has 34 heavy (non-hydrogen) atoms. The number of ether oxygens (including phenoxy) is 1. The molecule has 0 bridgehead atoms. The second-order valence-electron chi connectivity index (χ2n) is 6.36. The van der Waals surface area contributed by atoms with Gasteiger partial charge in [0.15, 0.2) is 5.69 Å². The zero-order valence-corrected chi connectivity index (χ0v) is 18.8. The fourth-order valence-corrected chi connectivity index (χ4v) is 3.11. The molecule has 2 aromatic rings. The van der Waals surface area contributed by atoms with Crippen molar-refractivity contribution in [2.75, 3.05) is 18.9 Å². The third-order valence-electron chi connectivity index (χ3n) is 4.04. The van der Waals surface area contributed by atoms with E-state index in [2.05, 4.69) is 14.7 Å². The molecule has 0 saturated carbocycles. The van der Waals surface area contributed by atoms with Gasteiger partial charge in [-0.05, 0) is 42.6 Å². The van der Waals surface area contributed by atoms with E-state index in [1.165, 1.54) is 24.1 Å². The lowest BCUT2D eigenvalue weighted by Gasteiger charge is -2.31. The van der Waals surface area contributed by atoms with Crippen LogP contribution in [-0.4, -0.2) is 62.7 Å². The largest absolute Gasteiger partial charge is 0.478 e. The van der Waals surface area contributed by atoms with Crippen LogP contribution in [0.1, 0.15) is 43.7 Å². The quantitative estimate of drug-likeness (QED) is 0.381. The summed E-state index contributed by atoms with van der Waals surface area (Å²) in [4.78, 5) is 17.8. The van der Waals surface area contributed by atoms with Crippen LogP contribution in [0, 0.1) is 0 Å². The maximum atomic E-state index is 11.8. The first kappa shape index (κ1) is 31.6. The standard InChI is InChI=1S/C13H17NO5S.C5H4F3N3.C2H6.CH4/c15-10-5-6-19-11(12(10)16)7-14-20-9-3-1-8(2-4-9)13(17)18;6-5(7,8)3-1-10-2-4(9)11-3;1-2;/h1-4,10-12,14-16H,5-7H2,(H,17,18);1-2H,(H2,9,11);1-2H3;1H4. The van der Waals surface area contributed by atoms with E-state index in [4.69, 9.17) is 15.6 Å². The molecule has 13 heteroatoms. The number of carbonyl (C=O) groups is 1. The lowest BCUT2D eigenvalue weighted by molar-refractivity contribution is -0.141. The van der Waals surface area contributed by atoms with Crippen molar-refractivity contribution in [1.82, 2.24) is 14.7 Å². The number of aliphatic hydroxyl groups is 2. The van der Waals surface area contributed by atoms with Gasteiger partial charge in [0.25, 0.3) is 0 Å². The molecular formula is C21H31F3N4O5S. The Labute approximate surface area is 200 Å². The molecule has 192 valence electrons. The Morgan fingerprint density at radius 2 is 1.85 bits per heavy atom. The van der Waals surface area contributed by atoms with E-state index in [1.54, 1.807) is 12.1 Å². The van der Waals surface area contributed by atoms with E-state index >= 15 is 0 Å². The lowest BCUT2D eigenvalue weighted by atomic mass is 10.0. The number of hydrogen-bond donors (Lipinski definition) is 5. The highest BCUT2D eigenvalue weighted by Crippen LogP contribution is 2.26. The first-order valence-electron chi connectivity index (χ1n) is 9.93. The number of nitrogens with zero attached hydrogens (tertiary/aromatic N) is 2. The summed E-state index contributed by atoms with van der Waals surface area (Å²) in [6.07, 6.45) is -4.42. The Kier molecular flexibility index (Phi) is 14.3. The molecule has 6 N–H and O–H groups in total. The molecular weight excluding hydrogens is 477 g/mol. The van der Waals surface area contributed by atoms with Gasteiger partial charge in [0.05, 0.1) is 30.2 Å². The summed E-state index contributed by atoms with van der Waals surface area (Å²) in [5.41, 5.74) is 4.15. The van der Waals surface area contributed by atoms with Gasteiger partial charge in [-0.1, -0.05) is 21.3 Å². The molecule has 1 fully saturated rings. The first-order valence-corrected chi connectivity index (χ1v) is 10.7. The van der Waals surface area contributed by atoms with Crippen LogP contribution in [-0.2, 0) is 10.9 Å². The lowest BCUT2D eigenvalue weighted by Crippen LogP contribution is -2.48. The highest BCUT2D eigenvalue weighted by molar-refractivity contribution is 7.97. The maximum absolute atomic E-state index is 11.8. The van der Waals surface area contributed by atoms with Crippen molar-refractivity contribution in [1.29, 1.82) is 0 Å². The Morgan fingerprint density at radius 3 is 2.35 bits per heavy atom. The number of nitrogens with one attached hydrogen (secondary N) is 1. The van der Waals surface area contributed by atoms with Crippen LogP contribution in [0.2, 0.25) is 0 Å². The minimum Gasteiger partial charge on any atom is -0.478 e. The highest BCUT2D eigenvalue weighted by Gasteiger charge is 2.33. The third kappa shape index (κ3) is 10.7. The van der Waals surface area contributed by atoms with E-state index < -0.39 is 36.2 Å². The zero-order chi connectivity index (χ0) is 25.0. The Balaban J connectivity index is 0.000000663. The van der Waals surface area contributed by atoms with Crippen molar-refractivity contribution >= 4 is 23.7 Å². The summed E-state index contributed by atoms with van der Waals surface area (Å²) in [6.45, 7) is 4.83. The molecule has 1 aromatic carbocycles. The average Bonchev–Trinajstić information content (AvgIpc) is 2.78. The van der Waals surface area contributed by atoms with E-state index in [-0.39, 0.29) is 18.8 Å². The number of nitrogens with two attached hydrogens (primary N) is 1. The van der Waals surface area contributed by atoms with Crippen molar-refractivity contribution in [2.45, 2.75) is 57.1 Å². The van der Waals surface area contributed by atoms with Gasteiger partial charge in [0, 0.05) is 18.0 Å². The van der Waals surface area contributed by atoms with Gasteiger partial charge in [-0.3, -0.25) is 9.71 Å². The number of hydrogen-bond acceptors (Lipinski definition) is 9. The molecule has 0 amide bonds. The normalized spacial score (nSPS) is 19.4. The minimum atomic E-state index is -4.47. The monoisotopic (exact) mass is 508 g/mol. The minimum absolute atomic E-state index is 0. The molecule has 1 aliphatic rings. The fraction of sp³-hybridized carbons (Fsp3) is 0.476. The maximum Gasteiger partial charge on any atom is 0.434 e. The summed E-state index contributed by atoms with van der Waals surface area (Å²) in [6, 6.07) is 6.46. The topological polar surface area (TPSA) is 151 Å². The van der Waals surface area contributed by atoms with Crippen LogP contribution in [0.25, 0.3) is 0 Å². The fourth-order valence-electron chi connectivity index (χ4n) is 2.43. The molecule has 0 aliphatic carbocycles. The number of alkyl halides is 3. The van der Waals surface area contributed by atoms with E-state index in [9.17, 15) is 28.2 Å². The van der Waals surface area contributed by atoms with Gasteiger partial charge in [-0.2, -0.15) is 13.2 Å². The molecule has 1 aromatic heterocycles. The summed E-state index contributed by atoms with van der Waals surface area (Å²) in [5.74, 6) is -1.19. The van der Waals surface area contributed by atoms with Crippen LogP contribution in [0.3, 0.4) is 0 Å². The highest BCUT2D eigenvalue weighted by atomic mass is 32.2. The molecule has 1 saturated heterocycles. The van der Waals surface area contributed by atoms with Gasteiger partial charge < -0.3 is 25.8 Å². The number of aromatic carboxylic acids is 1. The number of carboxylic acids is 1. The van der Waals surface area contributed by atoms with Crippen LogP contribution in [0.5, 0.6) is 0 Å². The molecule has 2 heterocycles. The second-order valence-corrected chi connectivity index (χ2v) is 7.33. The first-order chi connectivity index (χ1) is 15.6. The van der Waals surface area contributed by atoms with Crippen molar-refractivity contribution in [3.8, 4) is 0 Å². The molecule has 1 aliphatic heterocycles. The van der Waals surface area contributed by atoms with Crippen LogP contribution >= 0.6 is 11.9 Å². The van der Waals surface area contributed by atoms with E-state index in [0.717, 1.165) is 11.1 Å². The summed E-state index contributed by atoms with van der Waals surface area (Å²) in [7, 11) is 0. The Morgan fingerprint density at radius 1 is 1.24 bits per heavy atom. The Hall–Kier alpha value is -2.45. The molecule has 3 atom stereocenters. The van der Waals surface area contributed by atoms with Crippen LogP contribution in [0.15, 0.2) is 41.6 Å². The van der Waals surface area contributed by atoms with E-state index in [1.807, 2.05) is 13.8 Å². The van der Waals surface area contributed by atoms with Gasteiger partial charge in [-0.15, -0.1) is 0 Å². The SMILES string of the molecule is C.CC.Nc1cncc(C(F)(F)F)n1.O=C(O)c1ccc(SNCC2OCCC(O)C2O)cc1. The number of benzene rings is 1. The van der Waals surface area contributed by atoms with Crippen molar-refractivity contribution in [3.05, 3.63) is 47.9 Å². The zero-order valence-electron chi connectivity index (χ0n) is 18.0. The number of carboxylic acid groups (broad SMARTS) is 1. The molecule has 0 radical (unpaired) electrons. The molecule has 9 nitrogen and oxygen atoms in total. The smallest absolute Gasteiger partial charge is 0.434 e. The summed E-state index contributed by atoms with van der Waals surface area (Å²) >= 11 is 1.32. The second kappa shape index (κ2) is 15.5. The Bertz CT molecular complexity index is 859. The molecule has 0 spiro atoms. The number of aliphatic hydroxyl groups excluding tert-OH is 2. The number of nitrogen functional groups attached to an aromatic ring is 1. The van der Waals surface area contributed by atoms with Crippen molar-refractivity contribution in [3.63, 3.8) is 0 Å². The number of rotatable bonds is 5. The molecule has 3 rings (SSSR count). The predicted molar refractivity (Wildman–Crippen MR) is 123 cm³/mol. The van der Waals surface area contributed by atoms with Gasteiger partial charge in [0.2, 0.25) is 0 Å². The van der Waals surface area contributed by atoms with Gasteiger partial charge >= 0.3 is 12.1 Å². The van der Waals surface area contributed by atoms with Crippen LogP contribution < -0.4 is 10.5 Å². The van der Waals surface area contributed by atoms with Crippen molar-refractivity contribution < 1.29 is 38.0 Å². The summed E-state index contributed by atoms with van der Waals surface area (Å²) < 4.78 is 43.9. The average molecular weight is 509 g/mol. The van der Waals surface area contributed by atoms with Gasteiger partial charge in [0.1, 0.15) is 11.9 Å². The summed E-state index contributed by atoms with van der Waals surface area (Å²) in [5, 5.41) is 28.1. The molecule has 3 unspecified atom stereocenters. The van der Waals surface area contributed by atoms with Crippen LogP contribution in [0.4, 0.5) is 19.0 Å². The number of aromatic nitrogens is 2. The predicted octanol–water partition coefficient (Wildman–Crippen LogP) is 3.23.